The topological polar surface area (TPSA) is 38.2 Å². The fraction of sp³-hybridized carbons (Fsp3) is 0.750. The largest absolute Gasteiger partial charge is 0.377 e. The molecule has 110 valence electrons. The van der Waals surface area contributed by atoms with Crippen molar-refractivity contribution in [3.63, 3.8) is 0 Å². The van der Waals surface area contributed by atoms with Crippen LogP contribution in [0.25, 0.3) is 0 Å². The monoisotopic (exact) mass is 275 g/mol. The number of hydrogen-bond donors (Lipinski definition) is 0. The molecule has 1 aromatic heterocycles. The molecule has 1 aromatic rings. The molecule has 0 spiro atoms. The van der Waals surface area contributed by atoms with Crippen LogP contribution in [0.4, 0.5) is 0 Å². The Labute approximate surface area is 121 Å². The van der Waals surface area contributed by atoms with Crippen LogP contribution in [0, 0.1) is 6.92 Å². The van der Waals surface area contributed by atoms with E-state index in [9.17, 15) is 0 Å². The maximum Gasteiger partial charge on any atom is 0.0727 e. The van der Waals surface area contributed by atoms with Crippen LogP contribution in [0.5, 0.6) is 0 Å². The van der Waals surface area contributed by atoms with Crippen LogP contribution < -0.4 is 0 Å². The first-order chi connectivity index (χ1) is 9.81. The highest BCUT2D eigenvalue weighted by Gasteiger charge is 2.27. The predicted octanol–water partition coefficient (Wildman–Crippen LogP) is 2.71. The molecule has 1 saturated heterocycles. The normalized spacial score (nSPS) is 23.8. The summed E-state index contributed by atoms with van der Waals surface area (Å²) in [6.45, 7) is 4.89. The molecule has 1 aliphatic heterocycles. The number of aryl methyl sites for hydroxylation is 1. The summed E-state index contributed by atoms with van der Waals surface area (Å²) in [4.78, 5) is 11.5. The van der Waals surface area contributed by atoms with Gasteiger partial charge in [-0.1, -0.05) is 12.8 Å². The fourth-order valence-electron chi connectivity index (χ4n) is 3.37. The number of ether oxygens (including phenoxy) is 1. The van der Waals surface area contributed by atoms with Gasteiger partial charge in [0.05, 0.1) is 17.5 Å². The number of nitrogens with zero attached hydrogens (tertiary/aromatic N) is 3. The van der Waals surface area contributed by atoms with Gasteiger partial charge in [0.25, 0.3) is 0 Å². The second kappa shape index (κ2) is 6.64. The zero-order chi connectivity index (χ0) is 13.8. The van der Waals surface area contributed by atoms with E-state index < -0.39 is 0 Å². The van der Waals surface area contributed by atoms with Crippen LogP contribution in [0.3, 0.4) is 0 Å². The molecule has 0 aromatic carbocycles. The lowest BCUT2D eigenvalue weighted by atomic mass is 10.1. The number of rotatable bonds is 5. The standard InChI is InChI=1S/C16H25N3O/c1-13-9-18-14(10-17-13)11-19(15-5-2-3-6-15)12-16-7-4-8-20-16/h9-10,15-16H,2-8,11-12H2,1H3/t16-/m1/s1. The Hall–Kier alpha value is -1.00. The smallest absolute Gasteiger partial charge is 0.0727 e. The molecule has 2 aliphatic rings. The molecule has 0 radical (unpaired) electrons. The van der Waals surface area contributed by atoms with Gasteiger partial charge in [0.1, 0.15) is 0 Å². The van der Waals surface area contributed by atoms with Gasteiger partial charge in [-0.15, -0.1) is 0 Å². The summed E-state index contributed by atoms with van der Waals surface area (Å²) in [6.07, 6.45) is 12.0. The van der Waals surface area contributed by atoms with E-state index in [1.165, 1.54) is 38.5 Å². The molecular formula is C16H25N3O. The van der Waals surface area contributed by atoms with E-state index in [4.69, 9.17) is 4.74 Å². The van der Waals surface area contributed by atoms with Crippen molar-refractivity contribution in [2.75, 3.05) is 13.2 Å². The van der Waals surface area contributed by atoms with Crippen molar-refractivity contribution in [3.8, 4) is 0 Å². The summed E-state index contributed by atoms with van der Waals surface area (Å²) >= 11 is 0. The van der Waals surface area contributed by atoms with Crippen LogP contribution in [0.15, 0.2) is 12.4 Å². The van der Waals surface area contributed by atoms with Crippen LogP contribution in [-0.2, 0) is 11.3 Å². The van der Waals surface area contributed by atoms with Gasteiger partial charge in [-0.3, -0.25) is 14.9 Å². The molecule has 4 heteroatoms. The van der Waals surface area contributed by atoms with Gasteiger partial charge in [-0.25, -0.2) is 0 Å². The molecule has 1 atom stereocenters. The van der Waals surface area contributed by atoms with E-state index in [1.807, 2.05) is 19.3 Å². The SMILES string of the molecule is Cc1cnc(CN(C[C@H]2CCCO2)C2CCCC2)cn1. The van der Waals surface area contributed by atoms with Crippen molar-refractivity contribution in [1.82, 2.24) is 14.9 Å². The third-order valence-electron chi connectivity index (χ3n) is 4.50. The second-order valence-electron chi connectivity index (χ2n) is 6.15. The highest BCUT2D eigenvalue weighted by Crippen LogP contribution is 2.26. The molecule has 0 amide bonds. The van der Waals surface area contributed by atoms with Crippen molar-refractivity contribution < 1.29 is 4.74 Å². The molecule has 4 nitrogen and oxygen atoms in total. The first kappa shape index (κ1) is 14.0. The summed E-state index contributed by atoms with van der Waals surface area (Å²) in [7, 11) is 0. The summed E-state index contributed by atoms with van der Waals surface area (Å²) in [5.74, 6) is 0. The van der Waals surface area contributed by atoms with Gasteiger partial charge in [0.2, 0.25) is 0 Å². The van der Waals surface area contributed by atoms with E-state index >= 15 is 0 Å². The van der Waals surface area contributed by atoms with Crippen molar-refractivity contribution in [2.24, 2.45) is 0 Å². The average molecular weight is 275 g/mol. The maximum atomic E-state index is 5.82. The molecular weight excluding hydrogens is 250 g/mol. The van der Waals surface area contributed by atoms with E-state index in [2.05, 4.69) is 14.9 Å². The summed E-state index contributed by atoms with van der Waals surface area (Å²) in [6, 6.07) is 0.710. The zero-order valence-corrected chi connectivity index (χ0v) is 12.4. The maximum absolute atomic E-state index is 5.82. The summed E-state index contributed by atoms with van der Waals surface area (Å²) in [5, 5.41) is 0. The van der Waals surface area contributed by atoms with Crippen LogP contribution in [0.1, 0.15) is 49.9 Å². The zero-order valence-electron chi connectivity index (χ0n) is 12.4. The molecule has 0 bridgehead atoms. The minimum absolute atomic E-state index is 0.425. The highest BCUT2D eigenvalue weighted by molar-refractivity contribution is 5.01. The Morgan fingerprint density at radius 1 is 1.15 bits per heavy atom. The van der Waals surface area contributed by atoms with Crippen LogP contribution in [0.2, 0.25) is 0 Å². The van der Waals surface area contributed by atoms with Crippen molar-refractivity contribution in [1.29, 1.82) is 0 Å². The van der Waals surface area contributed by atoms with Gasteiger partial charge in [-0.05, 0) is 32.6 Å². The first-order valence-electron chi connectivity index (χ1n) is 7.94. The van der Waals surface area contributed by atoms with Gasteiger partial charge in [0.15, 0.2) is 0 Å². The van der Waals surface area contributed by atoms with Gasteiger partial charge in [0, 0.05) is 38.1 Å². The Kier molecular flexibility index (Phi) is 4.63. The molecule has 0 N–H and O–H groups in total. The molecule has 2 heterocycles. The van der Waals surface area contributed by atoms with Crippen LogP contribution in [-0.4, -0.2) is 40.2 Å². The van der Waals surface area contributed by atoms with Gasteiger partial charge in [-0.2, -0.15) is 0 Å². The molecule has 0 unspecified atom stereocenters. The molecule has 1 saturated carbocycles. The third-order valence-corrected chi connectivity index (χ3v) is 4.50. The summed E-state index contributed by atoms with van der Waals surface area (Å²) < 4.78 is 5.82. The van der Waals surface area contributed by atoms with Crippen molar-refractivity contribution in [2.45, 2.75) is 64.1 Å². The Balaban J connectivity index is 1.65. The van der Waals surface area contributed by atoms with Gasteiger partial charge < -0.3 is 4.74 Å². The Bertz CT molecular complexity index is 408. The lowest BCUT2D eigenvalue weighted by Crippen LogP contribution is -2.38. The molecule has 1 aliphatic carbocycles. The quantitative estimate of drug-likeness (QED) is 0.828. The minimum Gasteiger partial charge on any atom is -0.377 e. The minimum atomic E-state index is 0.425. The van der Waals surface area contributed by atoms with E-state index in [0.29, 0.717) is 12.1 Å². The lowest BCUT2D eigenvalue weighted by Gasteiger charge is -2.30. The molecule has 3 rings (SSSR count). The van der Waals surface area contributed by atoms with Crippen LogP contribution >= 0.6 is 0 Å². The summed E-state index contributed by atoms with van der Waals surface area (Å²) in [5.41, 5.74) is 2.07. The number of hydrogen-bond acceptors (Lipinski definition) is 4. The third kappa shape index (κ3) is 3.55. The molecule has 20 heavy (non-hydrogen) atoms. The fourth-order valence-corrected chi connectivity index (χ4v) is 3.37. The van der Waals surface area contributed by atoms with E-state index in [-0.39, 0.29) is 0 Å². The van der Waals surface area contributed by atoms with Crippen molar-refractivity contribution >= 4 is 0 Å². The van der Waals surface area contributed by atoms with Crippen molar-refractivity contribution in [3.05, 3.63) is 23.8 Å². The van der Waals surface area contributed by atoms with Gasteiger partial charge >= 0.3 is 0 Å². The average Bonchev–Trinajstić information content (AvgIpc) is 3.12. The first-order valence-corrected chi connectivity index (χ1v) is 7.94. The number of aromatic nitrogens is 2. The predicted molar refractivity (Wildman–Crippen MR) is 78.4 cm³/mol. The second-order valence-corrected chi connectivity index (χ2v) is 6.15. The van der Waals surface area contributed by atoms with E-state index in [0.717, 1.165) is 31.1 Å². The Morgan fingerprint density at radius 3 is 2.65 bits per heavy atom. The molecule has 2 fully saturated rings. The highest BCUT2D eigenvalue weighted by atomic mass is 16.5. The lowest BCUT2D eigenvalue weighted by molar-refractivity contribution is 0.0536. The van der Waals surface area contributed by atoms with E-state index in [1.54, 1.807) is 0 Å². The Morgan fingerprint density at radius 2 is 2.00 bits per heavy atom.